The second kappa shape index (κ2) is 8.95. The third-order valence-electron chi connectivity index (χ3n) is 4.38. The summed E-state index contributed by atoms with van der Waals surface area (Å²) < 4.78 is 12.3. The SMILES string of the molecule is O=C(CCn1nnc2ccccc2c1=O)OCc1ccccc1Oc1cccnc1. The molecule has 0 atom stereocenters. The van der Waals surface area contributed by atoms with E-state index in [2.05, 4.69) is 15.3 Å². The average molecular weight is 402 g/mol. The van der Waals surface area contributed by atoms with Crippen molar-refractivity contribution in [1.29, 1.82) is 0 Å². The minimum absolute atomic E-state index is 0.00143. The fraction of sp³-hybridized carbons (Fsp3) is 0.136. The lowest BCUT2D eigenvalue weighted by molar-refractivity contribution is -0.145. The number of ether oxygens (including phenoxy) is 2. The number of aryl methyl sites for hydroxylation is 1. The van der Waals surface area contributed by atoms with Crippen molar-refractivity contribution in [2.24, 2.45) is 0 Å². The van der Waals surface area contributed by atoms with Crippen LogP contribution in [0.25, 0.3) is 10.9 Å². The van der Waals surface area contributed by atoms with Gasteiger partial charge in [-0.05, 0) is 30.3 Å². The number of aromatic nitrogens is 4. The molecule has 0 N–H and O–H groups in total. The number of fused-ring (bicyclic) bond motifs is 1. The van der Waals surface area contributed by atoms with Gasteiger partial charge in [-0.15, -0.1) is 5.10 Å². The van der Waals surface area contributed by atoms with E-state index in [0.717, 1.165) is 5.56 Å². The molecular formula is C22H18N4O4. The number of rotatable bonds is 7. The Morgan fingerprint density at radius 2 is 1.83 bits per heavy atom. The van der Waals surface area contributed by atoms with E-state index in [1.54, 1.807) is 54.9 Å². The molecule has 0 unspecified atom stereocenters. The molecule has 150 valence electrons. The van der Waals surface area contributed by atoms with E-state index in [1.807, 2.05) is 18.2 Å². The molecule has 30 heavy (non-hydrogen) atoms. The average Bonchev–Trinajstić information content (AvgIpc) is 2.79. The fourth-order valence-corrected chi connectivity index (χ4v) is 2.85. The zero-order valence-corrected chi connectivity index (χ0v) is 16.0. The number of carbonyl (C=O) groups excluding carboxylic acids is 1. The number of esters is 1. The van der Waals surface area contributed by atoms with Gasteiger partial charge in [0.05, 0.1) is 24.5 Å². The van der Waals surface area contributed by atoms with Crippen molar-refractivity contribution < 1.29 is 14.3 Å². The second-order valence-corrected chi connectivity index (χ2v) is 6.44. The molecule has 0 aliphatic rings. The molecule has 0 fully saturated rings. The molecule has 4 rings (SSSR count). The summed E-state index contributed by atoms with van der Waals surface area (Å²) in [4.78, 5) is 28.6. The Balaban J connectivity index is 1.37. The van der Waals surface area contributed by atoms with Crippen LogP contribution in [-0.2, 0) is 22.7 Å². The molecular weight excluding hydrogens is 384 g/mol. The third kappa shape index (κ3) is 4.49. The van der Waals surface area contributed by atoms with Crippen molar-refractivity contribution >= 4 is 16.9 Å². The predicted octanol–water partition coefficient (Wildman–Crippen LogP) is 3.11. The van der Waals surface area contributed by atoms with Crippen LogP contribution < -0.4 is 10.3 Å². The maximum atomic E-state index is 12.4. The Kier molecular flexibility index (Phi) is 5.75. The van der Waals surface area contributed by atoms with E-state index in [-0.39, 0.29) is 25.1 Å². The Morgan fingerprint density at radius 3 is 2.70 bits per heavy atom. The van der Waals surface area contributed by atoms with Gasteiger partial charge in [0, 0.05) is 11.8 Å². The quantitative estimate of drug-likeness (QED) is 0.438. The topological polar surface area (TPSA) is 96.2 Å². The summed E-state index contributed by atoms with van der Waals surface area (Å²) in [5, 5.41) is 8.34. The number of hydrogen-bond acceptors (Lipinski definition) is 7. The molecule has 0 aliphatic carbocycles. The van der Waals surface area contributed by atoms with E-state index in [4.69, 9.17) is 9.47 Å². The molecule has 0 spiro atoms. The summed E-state index contributed by atoms with van der Waals surface area (Å²) in [5.41, 5.74) is 0.951. The Hall–Kier alpha value is -4.07. The molecule has 0 radical (unpaired) electrons. The lowest BCUT2D eigenvalue weighted by Gasteiger charge is -2.11. The van der Waals surface area contributed by atoms with Crippen molar-refractivity contribution in [2.45, 2.75) is 19.6 Å². The lowest BCUT2D eigenvalue weighted by atomic mass is 10.2. The smallest absolute Gasteiger partial charge is 0.308 e. The van der Waals surface area contributed by atoms with E-state index < -0.39 is 5.97 Å². The van der Waals surface area contributed by atoms with Crippen LogP contribution in [0.3, 0.4) is 0 Å². The van der Waals surface area contributed by atoms with Gasteiger partial charge >= 0.3 is 5.97 Å². The van der Waals surface area contributed by atoms with Crippen LogP contribution in [0.5, 0.6) is 11.5 Å². The van der Waals surface area contributed by atoms with Crippen molar-refractivity contribution in [1.82, 2.24) is 20.0 Å². The summed E-state index contributed by atoms with van der Waals surface area (Å²) in [6.07, 6.45) is 3.26. The first kappa shape index (κ1) is 19.3. The lowest BCUT2D eigenvalue weighted by Crippen LogP contribution is -2.25. The van der Waals surface area contributed by atoms with E-state index in [1.165, 1.54) is 4.68 Å². The Morgan fingerprint density at radius 1 is 1.00 bits per heavy atom. The highest BCUT2D eigenvalue weighted by Gasteiger charge is 2.11. The Labute approximate surface area is 171 Å². The molecule has 0 bridgehead atoms. The van der Waals surface area contributed by atoms with Gasteiger partial charge in [-0.25, -0.2) is 4.68 Å². The molecule has 8 heteroatoms. The van der Waals surface area contributed by atoms with Gasteiger partial charge in [-0.2, -0.15) is 0 Å². The molecule has 8 nitrogen and oxygen atoms in total. The standard InChI is InChI=1S/C22H18N4O4/c27-21(11-13-26-22(28)18-8-2-3-9-19(18)24-25-26)29-15-16-6-1-4-10-20(16)30-17-7-5-12-23-14-17/h1-10,12,14H,11,13,15H2. The first-order valence-electron chi connectivity index (χ1n) is 9.34. The van der Waals surface area contributed by atoms with E-state index in [0.29, 0.717) is 22.4 Å². The molecule has 0 saturated heterocycles. The molecule has 0 aliphatic heterocycles. The number of benzene rings is 2. The van der Waals surface area contributed by atoms with Crippen LogP contribution in [0, 0.1) is 0 Å². The van der Waals surface area contributed by atoms with Crippen LogP contribution in [0.2, 0.25) is 0 Å². The van der Waals surface area contributed by atoms with Gasteiger partial charge in [0.25, 0.3) is 5.56 Å². The maximum Gasteiger partial charge on any atom is 0.308 e. The number of carbonyl (C=O) groups is 1. The summed E-state index contributed by atoms with van der Waals surface area (Å²) >= 11 is 0. The predicted molar refractivity (Wildman–Crippen MR) is 109 cm³/mol. The summed E-state index contributed by atoms with van der Waals surface area (Å²) in [5.74, 6) is 0.716. The maximum absolute atomic E-state index is 12.4. The highest BCUT2D eigenvalue weighted by molar-refractivity contribution is 5.76. The van der Waals surface area contributed by atoms with Gasteiger partial charge in [0.1, 0.15) is 23.6 Å². The highest BCUT2D eigenvalue weighted by atomic mass is 16.5. The van der Waals surface area contributed by atoms with Gasteiger partial charge < -0.3 is 9.47 Å². The van der Waals surface area contributed by atoms with Gasteiger partial charge in [0.2, 0.25) is 0 Å². The Bertz CT molecular complexity index is 1220. The van der Waals surface area contributed by atoms with Crippen molar-refractivity contribution in [2.75, 3.05) is 0 Å². The number of nitrogens with zero attached hydrogens (tertiary/aromatic N) is 4. The first-order chi connectivity index (χ1) is 14.7. The summed E-state index contributed by atoms with van der Waals surface area (Å²) in [7, 11) is 0. The van der Waals surface area contributed by atoms with Crippen molar-refractivity contribution in [3.63, 3.8) is 0 Å². The van der Waals surface area contributed by atoms with Crippen molar-refractivity contribution in [3.8, 4) is 11.5 Å². The number of hydrogen-bond donors (Lipinski definition) is 0. The molecule has 0 saturated carbocycles. The third-order valence-corrected chi connectivity index (χ3v) is 4.38. The minimum Gasteiger partial charge on any atom is -0.461 e. The van der Waals surface area contributed by atoms with Crippen molar-refractivity contribution in [3.05, 3.63) is 89.0 Å². The van der Waals surface area contributed by atoms with E-state index in [9.17, 15) is 9.59 Å². The minimum atomic E-state index is -0.451. The molecule has 2 aromatic heterocycles. The molecule has 2 heterocycles. The van der Waals surface area contributed by atoms with Crippen LogP contribution in [-0.4, -0.2) is 25.9 Å². The van der Waals surface area contributed by atoms with Gasteiger partial charge in [0.15, 0.2) is 0 Å². The van der Waals surface area contributed by atoms with Gasteiger partial charge in [-0.1, -0.05) is 35.5 Å². The molecule has 2 aromatic carbocycles. The largest absolute Gasteiger partial charge is 0.461 e. The molecule has 0 amide bonds. The van der Waals surface area contributed by atoms with E-state index >= 15 is 0 Å². The van der Waals surface area contributed by atoms with Gasteiger partial charge in [-0.3, -0.25) is 14.6 Å². The number of pyridine rings is 1. The molecule has 4 aromatic rings. The zero-order chi connectivity index (χ0) is 20.8. The van der Waals surface area contributed by atoms with Crippen LogP contribution in [0.4, 0.5) is 0 Å². The fourth-order valence-electron chi connectivity index (χ4n) is 2.85. The highest BCUT2D eigenvalue weighted by Crippen LogP contribution is 2.25. The second-order valence-electron chi connectivity index (χ2n) is 6.44. The first-order valence-corrected chi connectivity index (χ1v) is 9.34. The van der Waals surface area contributed by atoms with Crippen LogP contribution >= 0.6 is 0 Å². The number of para-hydroxylation sites is 1. The van der Waals surface area contributed by atoms with Crippen LogP contribution in [0.15, 0.2) is 77.9 Å². The van der Waals surface area contributed by atoms with Crippen LogP contribution in [0.1, 0.15) is 12.0 Å². The summed E-state index contributed by atoms with van der Waals surface area (Å²) in [6, 6.07) is 17.8. The monoisotopic (exact) mass is 402 g/mol. The summed E-state index contributed by atoms with van der Waals surface area (Å²) in [6.45, 7) is 0.136. The zero-order valence-electron chi connectivity index (χ0n) is 16.0. The normalized spacial score (nSPS) is 10.7.